The van der Waals surface area contributed by atoms with Crippen LogP contribution >= 0.6 is 0 Å². The zero-order valence-corrected chi connectivity index (χ0v) is 8.88. The molecule has 0 saturated carbocycles. The number of hydrogen-bond acceptors (Lipinski definition) is 1. The first-order valence-electron chi connectivity index (χ1n) is 4.83. The Labute approximate surface area is 81.9 Å². The van der Waals surface area contributed by atoms with Crippen molar-refractivity contribution in [1.82, 2.24) is 0 Å². The molecule has 0 aromatic rings. The maximum absolute atomic E-state index is 9.19. The smallest absolute Gasteiger partial charge is 0.114 e. The van der Waals surface area contributed by atoms with Crippen molar-refractivity contribution in [3.8, 4) is 12.3 Å². The summed E-state index contributed by atoms with van der Waals surface area (Å²) < 4.78 is 0. The molecule has 1 heteroatoms. The van der Waals surface area contributed by atoms with Gasteiger partial charge in [0.05, 0.1) is 0 Å². The molecule has 0 radical (unpaired) electrons. The van der Waals surface area contributed by atoms with Crippen molar-refractivity contribution < 1.29 is 5.11 Å². The number of allylic oxidation sites excluding steroid dienone is 2. The van der Waals surface area contributed by atoms with Crippen molar-refractivity contribution in [3.05, 3.63) is 11.6 Å². The van der Waals surface area contributed by atoms with Gasteiger partial charge in [-0.15, -0.1) is 6.42 Å². The molecule has 0 aliphatic heterocycles. The van der Waals surface area contributed by atoms with Gasteiger partial charge >= 0.3 is 0 Å². The van der Waals surface area contributed by atoms with E-state index in [1.807, 2.05) is 0 Å². The van der Waals surface area contributed by atoms with Crippen molar-refractivity contribution in [2.24, 2.45) is 5.92 Å². The molecule has 2 unspecified atom stereocenters. The summed E-state index contributed by atoms with van der Waals surface area (Å²) in [5.41, 5.74) is 1.35. The molecule has 0 heterocycles. The fourth-order valence-electron chi connectivity index (χ4n) is 1.22. The van der Waals surface area contributed by atoms with Crippen molar-refractivity contribution >= 4 is 0 Å². The maximum Gasteiger partial charge on any atom is 0.114 e. The maximum atomic E-state index is 9.19. The first-order chi connectivity index (χ1) is 6.06. The van der Waals surface area contributed by atoms with E-state index < -0.39 is 6.10 Å². The average Bonchev–Trinajstić information content (AvgIpc) is 2.03. The summed E-state index contributed by atoms with van der Waals surface area (Å²) in [4.78, 5) is 0. The van der Waals surface area contributed by atoms with Gasteiger partial charge in [0.15, 0.2) is 0 Å². The molecule has 0 spiro atoms. The quantitative estimate of drug-likeness (QED) is 0.509. The van der Waals surface area contributed by atoms with Gasteiger partial charge in [-0.3, -0.25) is 0 Å². The normalized spacial score (nSPS) is 14.4. The SMILES string of the molecule is C#CC(O)CC(C)CCC=C(C)C. The van der Waals surface area contributed by atoms with E-state index in [9.17, 15) is 5.11 Å². The Morgan fingerprint density at radius 1 is 1.54 bits per heavy atom. The number of aliphatic hydroxyl groups excluding tert-OH is 1. The molecule has 0 aliphatic rings. The van der Waals surface area contributed by atoms with Crippen LogP contribution in [-0.4, -0.2) is 11.2 Å². The first-order valence-corrected chi connectivity index (χ1v) is 4.83. The highest BCUT2D eigenvalue weighted by Crippen LogP contribution is 2.13. The van der Waals surface area contributed by atoms with E-state index >= 15 is 0 Å². The lowest BCUT2D eigenvalue weighted by Gasteiger charge is -2.11. The highest BCUT2D eigenvalue weighted by atomic mass is 16.3. The number of rotatable bonds is 5. The Morgan fingerprint density at radius 3 is 2.62 bits per heavy atom. The van der Waals surface area contributed by atoms with Crippen LogP contribution in [0.25, 0.3) is 0 Å². The van der Waals surface area contributed by atoms with Crippen molar-refractivity contribution in [1.29, 1.82) is 0 Å². The summed E-state index contributed by atoms with van der Waals surface area (Å²) in [6.07, 6.45) is 9.64. The second kappa shape index (κ2) is 6.74. The largest absolute Gasteiger partial charge is 0.380 e. The zero-order valence-electron chi connectivity index (χ0n) is 8.88. The summed E-state index contributed by atoms with van der Waals surface area (Å²) in [7, 11) is 0. The van der Waals surface area contributed by atoms with Crippen LogP contribution < -0.4 is 0 Å². The highest BCUT2D eigenvalue weighted by Gasteiger charge is 2.06. The minimum atomic E-state index is -0.568. The van der Waals surface area contributed by atoms with Gasteiger partial charge in [0.1, 0.15) is 6.10 Å². The molecule has 0 fully saturated rings. The predicted octanol–water partition coefficient (Wildman–Crippen LogP) is 2.75. The van der Waals surface area contributed by atoms with E-state index in [0.717, 1.165) is 12.8 Å². The third-order valence-electron chi connectivity index (χ3n) is 2.03. The van der Waals surface area contributed by atoms with Crippen LogP contribution in [0.2, 0.25) is 0 Å². The number of terminal acetylenes is 1. The molecule has 1 N–H and O–H groups in total. The monoisotopic (exact) mass is 180 g/mol. The summed E-state index contributed by atoms with van der Waals surface area (Å²) >= 11 is 0. The molecular formula is C12H20O. The van der Waals surface area contributed by atoms with Crippen molar-refractivity contribution in [3.63, 3.8) is 0 Å². The molecule has 0 saturated heterocycles. The van der Waals surface area contributed by atoms with E-state index in [4.69, 9.17) is 6.42 Å². The van der Waals surface area contributed by atoms with E-state index in [1.165, 1.54) is 5.57 Å². The van der Waals surface area contributed by atoms with Gasteiger partial charge in [-0.1, -0.05) is 24.5 Å². The summed E-state index contributed by atoms with van der Waals surface area (Å²) in [5.74, 6) is 2.84. The minimum Gasteiger partial charge on any atom is -0.380 e. The second-order valence-electron chi connectivity index (χ2n) is 3.88. The van der Waals surface area contributed by atoms with Crippen LogP contribution in [0.5, 0.6) is 0 Å². The van der Waals surface area contributed by atoms with Crippen LogP contribution in [0.15, 0.2) is 11.6 Å². The molecule has 2 atom stereocenters. The highest BCUT2D eigenvalue weighted by molar-refractivity contribution is 4.95. The van der Waals surface area contributed by atoms with Crippen molar-refractivity contribution in [2.75, 3.05) is 0 Å². The first kappa shape index (κ1) is 12.3. The van der Waals surface area contributed by atoms with E-state index in [2.05, 4.69) is 32.8 Å². The standard InChI is InChI=1S/C12H20O/c1-5-12(13)9-11(4)8-6-7-10(2)3/h1,7,11-13H,6,8-9H2,2-4H3. The average molecular weight is 180 g/mol. The van der Waals surface area contributed by atoms with E-state index in [1.54, 1.807) is 0 Å². The number of hydrogen-bond donors (Lipinski definition) is 1. The second-order valence-corrected chi connectivity index (χ2v) is 3.88. The Kier molecular flexibility index (Phi) is 6.36. The molecule has 0 rings (SSSR count). The summed E-state index contributed by atoms with van der Waals surface area (Å²) in [6.45, 7) is 6.32. The molecule has 0 bridgehead atoms. The predicted molar refractivity (Wildman–Crippen MR) is 57.3 cm³/mol. The van der Waals surface area contributed by atoms with Gasteiger partial charge in [0.2, 0.25) is 0 Å². The molecule has 1 nitrogen and oxygen atoms in total. The summed E-state index contributed by atoms with van der Waals surface area (Å²) in [6, 6.07) is 0. The third-order valence-corrected chi connectivity index (χ3v) is 2.03. The lowest BCUT2D eigenvalue weighted by molar-refractivity contribution is 0.197. The van der Waals surface area contributed by atoms with Crippen LogP contribution in [0.1, 0.15) is 40.0 Å². The van der Waals surface area contributed by atoms with Crippen LogP contribution in [-0.2, 0) is 0 Å². The molecule has 0 amide bonds. The topological polar surface area (TPSA) is 20.2 Å². The van der Waals surface area contributed by atoms with Crippen molar-refractivity contribution in [2.45, 2.75) is 46.1 Å². The third kappa shape index (κ3) is 7.62. The molecule has 0 aromatic carbocycles. The van der Waals surface area contributed by atoms with Gasteiger partial charge in [-0.05, 0) is 39.0 Å². The van der Waals surface area contributed by atoms with E-state index in [-0.39, 0.29) is 0 Å². The fourth-order valence-corrected chi connectivity index (χ4v) is 1.22. The Hall–Kier alpha value is -0.740. The van der Waals surface area contributed by atoms with Crippen LogP contribution in [0.3, 0.4) is 0 Å². The summed E-state index contributed by atoms with van der Waals surface area (Å²) in [5, 5.41) is 9.19. The lowest BCUT2D eigenvalue weighted by atomic mass is 9.98. The van der Waals surface area contributed by atoms with Crippen LogP contribution in [0, 0.1) is 18.3 Å². The van der Waals surface area contributed by atoms with Gasteiger partial charge in [-0.25, -0.2) is 0 Å². The zero-order chi connectivity index (χ0) is 10.3. The van der Waals surface area contributed by atoms with Gasteiger partial charge in [-0.2, -0.15) is 0 Å². The fraction of sp³-hybridized carbons (Fsp3) is 0.667. The Morgan fingerprint density at radius 2 is 2.15 bits per heavy atom. The van der Waals surface area contributed by atoms with Gasteiger partial charge in [0.25, 0.3) is 0 Å². The van der Waals surface area contributed by atoms with E-state index in [0.29, 0.717) is 12.3 Å². The Bertz CT molecular complexity index is 194. The molecule has 0 aromatic heterocycles. The van der Waals surface area contributed by atoms with Gasteiger partial charge < -0.3 is 5.11 Å². The minimum absolute atomic E-state index is 0.502. The van der Waals surface area contributed by atoms with Crippen LogP contribution in [0.4, 0.5) is 0 Å². The molecule has 74 valence electrons. The number of aliphatic hydroxyl groups is 1. The lowest BCUT2D eigenvalue weighted by Crippen LogP contribution is -2.08. The van der Waals surface area contributed by atoms with Gasteiger partial charge in [0, 0.05) is 0 Å². The molecular weight excluding hydrogens is 160 g/mol. The Balaban J connectivity index is 3.58. The molecule has 0 aliphatic carbocycles. The molecule has 13 heavy (non-hydrogen) atoms.